The van der Waals surface area contributed by atoms with Crippen LogP contribution in [0.25, 0.3) is 0 Å². The van der Waals surface area contributed by atoms with Crippen LogP contribution < -0.4 is 5.32 Å². The van der Waals surface area contributed by atoms with Gasteiger partial charge >= 0.3 is 0 Å². The highest BCUT2D eigenvalue weighted by Gasteiger charge is 2.00. The first-order valence-corrected chi connectivity index (χ1v) is 5.26. The summed E-state index contributed by atoms with van der Waals surface area (Å²) in [7, 11) is 1.98. The van der Waals surface area contributed by atoms with Gasteiger partial charge in [-0.1, -0.05) is 0 Å². The van der Waals surface area contributed by atoms with E-state index in [0.29, 0.717) is 0 Å². The molecule has 2 heterocycles. The highest BCUT2D eigenvalue weighted by atomic mass is 32.1. The first-order chi connectivity index (χ1) is 6.75. The van der Waals surface area contributed by atoms with E-state index in [2.05, 4.69) is 15.3 Å². The average molecular weight is 208 g/mol. The third kappa shape index (κ3) is 1.93. The molecule has 2 rings (SSSR count). The topological polar surface area (TPSA) is 42.7 Å². The Hall–Kier alpha value is -1.36. The van der Waals surface area contributed by atoms with Gasteiger partial charge in [0.1, 0.15) is 5.82 Å². The maximum atomic E-state index is 4.31. The van der Waals surface area contributed by atoms with Crippen LogP contribution in [0.4, 0.5) is 5.13 Å². The van der Waals surface area contributed by atoms with Crippen LogP contribution in [0.2, 0.25) is 0 Å². The lowest BCUT2D eigenvalue weighted by Crippen LogP contribution is -2.05. The summed E-state index contributed by atoms with van der Waals surface area (Å²) < 4.78 is 1.99. The summed E-state index contributed by atoms with van der Waals surface area (Å²) in [5.74, 6) is 1.01. The SMILES string of the molecule is Cc1csc(NCc2nccn2C)n1. The fraction of sp³-hybridized carbons (Fsp3) is 0.333. The second kappa shape index (κ2) is 3.79. The molecule has 0 spiro atoms. The first kappa shape index (κ1) is 9.21. The van der Waals surface area contributed by atoms with Gasteiger partial charge in [0.05, 0.1) is 12.2 Å². The van der Waals surface area contributed by atoms with Crippen molar-refractivity contribution in [3.63, 3.8) is 0 Å². The quantitative estimate of drug-likeness (QED) is 0.836. The van der Waals surface area contributed by atoms with E-state index in [1.165, 1.54) is 0 Å². The molecule has 1 N–H and O–H groups in total. The number of nitrogens with zero attached hydrogens (tertiary/aromatic N) is 3. The number of aromatic nitrogens is 3. The molecule has 0 saturated carbocycles. The number of thiazole rings is 1. The van der Waals surface area contributed by atoms with Crippen LogP contribution in [0.1, 0.15) is 11.5 Å². The van der Waals surface area contributed by atoms with Crippen LogP contribution in [0.5, 0.6) is 0 Å². The molecular formula is C9H12N4S. The molecule has 0 aromatic carbocycles. The number of anilines is 1. The zero-order valence-corrected chi connectivity index (χ0v) is 9.01. The third-order valence-corrected chi connectivity index (χ3v) is 2.86. The van der Waals surface area contributed by atoms with Gasteiger partial charge in [0.25, 0.3) is 0 Å². The van der Waals surface area contributed by atoms with Crippen molar-refractivity contribution in [1.29, 1.82) is 0 Å². The smallest absolute Gasteiger partial charge is 0.183 e. The van der Waals surface area contributed by atoms with Gasteiger partial charge in [-0.25, -0.2) is 9.97 Å². The van der Waals surface area contributed by atoms with E-state index in [-0.39, 0.29) is 0 Å². The molecule has 2 aromatic heterocycles. The van der Waals surface area contributed by atoms with Crippen LogP contribution in [-0.4, -0.2) is 14.5 Å². The number of hydrogen-bond donors (Lipinski definition) is 1. The fourth-order valence-electron chi connectivity index (χ4n) is 1.16. The Bertz CT molecular complexity index is 418. The van der Waals surface area contributed by atoms with Crippen molar-refractivity contribution in [2.75, 3.05) is 5.32 Å². The predicted octanol–water partition coefficient (Wildman–Crippen LogP) is 1.80. The third-order valence-electron chi connectivity index (χ3n) is 1.94. The van der Waals surface area contributed by atoms with Crippen molar-refractivity contribution in [2.24, 2.45) is 7.05 Å². The molecule has 5 heteroatoms. The summed E-state index contributed by atoms with van der Waals surface area (Å²) in [5, 5.41) is 6.21. The van der Waals surface area contributed by atoms with Gasteiger partial charge in [0, 0.05) is 24.8 Å². The van der Waals surface area contributed by atoms with Gasteiger partial charge < -0.3 is 9.88 Å². The van der Waals surface area contributed by atoms with Crippen molar-refractivity contribution in [3.05, 3.63) is 29.3 Å². The zero-order valence-electron chi connectivity index (χ0n) is 8.19. The van der Waals surface area contributed by atoms with E-state index in [0.717, 1.165) is 23.2 Å². The molecule has 0 bridgehead atoms. The van der Waals surface area contributed by atoms with E-state index in [4.69, 9.17) is 0 Å². The molecule has 0 radical (unpaired) electrons. The molecule has 0 amide bonds. The van der Waals surface area contributed by atoms with E-state index in [1.807, 2.05) is 30.1 Å². The average Bonchev–Trinajstić information content (AvgIpc) is 2.72. The lowest BCUT2D eigenvalue weighted by Gasteiger charge is -2.02. The summed E-state index contributed by atoms with van der Waals surface area (Å²) in [4.78, 5) is 8.53. The Morgan fingerprint density at radius 1 is 1.57 bits per heavy atom. The maximum absolute atomic E-state index is 4.31. The molecule has 74 valence electrons. The number of aryl methyl sites for hydroxylation is 2. The van der Waals surface area contributed by atoms with Crippen LogP contribution in [0, 0.1) is 6.92 Å². The molecule has 2 aromatic rings. The normalized spacial score (nSPS) is 10.4. The first-order valence-electron chi connectivity index (χ1n) is 4.38. The minimum absolute atomic E-state index is 0.719. The van der Waals surface area contributed by atoms with Gasteiger partial charge in [-0.05, 0) is 6.92 Å². The minimum Gasteiger partial charge on any atom is -0.354 e. The van der Waals surface area contributed by atoms with Crippen LogP contribution in [0.15, 0.2) is 17.8 Å². The Kier molecular flexibility index (Phi) is 2.49. The predicted molar refractivity (Wildman–Crippen MR) is 57.4 cm³/mol. The number of hydrogen-bond acceptors (Lipinski definition) is 4. The fourth-order valence-corrected chi connectivity index (χ4v) is 1.84. The van der Waals surface area contributed by atoms with Crippen molar-refractivity contribution in [3.8, 4) is 0 Å². The monoisotopic (exact) mass is 208 g/mol. The second-order valence-electron chi connectivity index (χ2n) is 3.10. The molecule has 0 atom stereocenters. The van der Waals surface area contributed by atoms with E-state index < -0.39 is 0 Å². The largest absolute Gasteiger partial charge is 0.354 e. The molecular weight excluding hydrogens is 196 g/mol. The lowest BCUT2D eigenvalue weighted by molar-refractivity contribution is 0.812. The standard InChI is InChI=1S/C9H12N4S/c1-7-6-14-9(12-7)11-5-8-10-3-4-13(8)2/h3-4,6H,5H2,1-2H3,(H,11,12). The summed E-state index contributed by atoms with van der Waals surface area (Å²) in [6.45, 7) is 2.71. The Labute approximate surface area is 86.6 Å². The van der Waals surface area contributed by atoms with E-state index in [9.17, 15) is 0 Å². The molecule has 0 unspecified atom stereocenters. The van der Waals surface area contributed by atoms with Crippen LogP contribution >= 0.6 is 11.3 Å². The van der Waals surface area contributed by atoms with Crippen molar-refractivity contribution < 1.29 is 0 Å². The summed E-state index contributed by atoms with van der Waals surface area (Å²) >= 11 is 1.62. The molecule has 4 nitrogen and oxygen atoms in total. The molecule has 14 heavy (non-hydrogen) atoms. The van der Waals surface area contributed by atoms with Gasteiger partial charge in [0.15, 0.2) is 5.13 Å². The summed E-state index contributed by atoms with van der Waals surface area (Å²) in [6, 6.07) is 0. The molecule has 0 fully saturated rings. The Morgan fingerprint density at radius 2 is 2.43 bits per heavy atom. The van der Waals surface area contributed by atoms with Crippen LogP contribution in [-0.2, 0) is 13.6 Å². The van der Waals surface area contributed by atoms with Crippen molar-refractivity contribution in [2.45, 2.75) is 13.5 Å². The van der Waals surface area contributed by atoms with E-state index >= 15 is 0 Å². The zero-order chi connectivity index (χ0) is 9.97. The van der Waals surface area contributed by atoms with Gasteiger partial charge in [0.2, 0.25) is 0 Å². The Balaban J connectivity index is 1.98. The molecule has 0 aliphatic heterocycles. The minimum atomic E-state index is 0.719. The Morgan fingerprint density at radius 3 is 3.00 bits per heavy atom. The van der Waals surface area contributed by atoms with Gasteiger partial charge in [-0.15, -0.1) is 11.3 Å². The van der Waals surface area contributed by atoms with Crippen molar-refractivity contribution >= 4 is 16.5 Å². The van der Waals surface area contributed by atoms with Crippen molar-refractivity contribution in [1.82, 2.24) is 14.5 Å². The van der Waals surface area contributed by atoms with Crippen LogP contribution in [0.3, 0.4) is 0 Å². The van der Waals surface area contributed by atoms with Gasteiger partial charge in [-0.2, -0.15) is 0 Å². The maximum Gasteiger partial charge on any atom is 0.183 e. The van der Waals surface area contributed by atoms with E-state index in [1.54, 1.807) is 17.5 Å². The number of imidazole rings is 1. The summed E-state index contributed by atoms with van der Waals surface area (Å²) in [5.41, 5.74) is 1.05. The lowest BCUT2D eigenvalue weighted by atomic mass is 10.6. The highest BCUT2D eigenvalue weighted by Crippen LogP contribution is 2.14. The molecule has 0 saturated heterocycles. The number of rotatable bonds is 3. The molecule has 0 aliphatic rings. The second-order valence-corrected chi connectivity index (χ2v) is 3.96. The van der Waals surface area contributed by atoms with Gasteiger partial charge in [-0.3, -0.25) is 0 Å². The molecule has 0 aliphatic carbocycles. The number of nitrogens with one attached hydrogen (secondary N) is 1. The highest BCUT2D eigenvalue weighted by molar-refractivity contribution is 7.13. The summed E-state index contributed by atoms with van der Waals surface area (Å²) in [6.07, 6.45) is 3.73.